The lowest BCUT2D eigenvalue weighted by Crippen LogP contribution is -2.42. The third-order valence-corrected chi connectivity index (χ3v) is 9.85. The SMILES string of the molecule is CC(=O)N1CCC(CC(=O)N2CCC([C@H]3c4ncc(Br)cc4CCc4cc(Br)cc(Br)c43)CC2)CC1. The third kappa shape index (κ3) is 5.60. The fourth-order valence-corrected chi connectivity index (χ4v) is 8.28. The normalized spacial score (nSPS) is 21.1. The number of hydrogen-bond acceptors (Lipinski definition) is 3. The van der Waals surface area contributed by atoms with Gasteiger partial charge in [-0.3, -0.25) is 14.6 Å². The Labute approximate surface area is 238 Å². The lowest BCUT2D eigenvalue weighted by molar-refractivity contribution is -0.134. The van der Waals surface area contributed by atoms with Gasteiger partial charge in [0.1, 0.15) is 0 Å². The van der Waals surface area contributed by atoms with Gasteiger partial charge in [-0.25, -0.2) is 0 Å². The second-order valence-corrected chi connectivity index (χ2v) is 13.2. The van der Waals surface area contributed by atoms with Crippen molar-refractivity contribution in [2.45, 2.75) is 57.8 Å². The molecule has 2 saturated heterocycles. The molecule has 0 N–H and O–H groups in total. The summed E-state index contributed by atoms with van der Waals surface area (Å²) in [5.74, 6) is 1.48. The van der Waals surface area contributed by atoms with Gasteiger partial charge in [0.2, 0.25) is 11.8 Å². The van der Waals surface area contributed by atoms with Gasteiger partial charge in [0.25, 0.3) is 0 Å². The molecular weight excluding hydrogens is 650 g/mol. The summed E-state index contributed by atoms with van der Waals surface area (Å²) in [6, 6.07) is 6.66. The Morgan fingerprint density at radius 3 is 2.22 bits per heavy atom. The summed E-state index contributed by atoms with van der Waals surface area (Å²) < 4.78 is 3.27. The van der Waals surface area contributed by atoms with Crippen LogP contribution in [0.15, 0.2) is 37.8 Å². The molecule has 0 unspecified atom stereocenters. The topological polar surface area (TPSA) is 53.5 Å². The Bertz CT molecular complexity index is 1150. The molecule has 1 aliphatic carbocycles. The van der Waals surface area contributed by atoms with Gasteiger partial charge in [0, 0.05) is 65.1 Å². The van der Waals surface area contributed by atoms with Crippen molar-refractivity contribution in [3.8, 4) is 0 Å². The molecule has 1 aromatic heterocycles. The average molecular weight is 682 g/mol. The van der Waals surface area contributed by atoms with Crippen LogP contribution in [-0.2, 0) is 22.4 Å². The van der Waals surface area contributed by atoms with Crippen LogP contribution in [0, 0.1) is 11.8 Å². The number of benzene rings is 1. The van der Waals surface area contributed by atoms with E-state index in [-0.39, 0.29) is 17.7 Å². The number of fused-ring (bicyclic) bond motifs is 2. The van der Waals surface area contributed by atoms with Gasteiger partial charge in [0.15, 0.2) is 0 Å². The highest BCUT2D eigenvalue weighted by molar-refractivity contribution is 9.11. The van der Waals surface area contributed by atoms with Gasteiger partial charge in [-0.15, -0.1) is 0 Å². The Morgan fingerprint density at radius 1 is 0.889 bits per heavy atom. The van der Waals surface area contributed by atoms with Crippen molar-refractivity contribution < 1.29 is 9.59 Å². The summed E-state index contributed by atoms with van der Waals surface area (Å²) >= 11 is 11.2. The lowest BCUT2D eigenvalue weighted by Gasteiger charge is -2.38. The molecule has 2 aromatic rings. The molecule has 0 bridgehead atoms. The maximum absolute atomic E-state index is 13.2. The number of piperidine rings is 2. The van der Waals surface area contributed by atoms with Crippen LogP contribution in [0.5, 0.6) is 0 Å². The molecule has 0 radical (unpaired) electrons. The second-order valence-electron chi connectivity index (χ2n) is 10.5. The minimum absolute atomic E-state index is 0.143. The molecule has 5 rings (SSSR count). The molecule has 2 aliphatic heterocycles. The van der Waals surface area contributed by atoms with Crippen molar-refractivity contribution in [1.29, 1.82) is 0 Å². The molecule has 0 spiro atoms. The first-order valence-corrected chi connectivity index (χ1v) is 15.3. The molecule has 192 valence electrons. The van der Waals surface area contributed by atoms with E-state index < -0.39 is 0 Å². The fourth-order valence-electron chi connectivity index (χ4n) is 6.34. The van der Waals surface area contributed by atoms with E-state index in [4.69, 9.17) is 4.98 Å². The van der Waals surface area contributed by atoms with Gasteiger partial charge < -0.3 is 9.80 Å². The number of carbonyl (C=O) groups is 2. The first-order valence-electron chi connectivity index (χ1n) is 13.0. The Balaban J connectivity index is 1.31. The van der Waals surface area contributed by atoms with Crippen molar-refractivity contribution >= 4 is 59.6 Å². The van der Waals surface area contributed by atoms with Gasteiger partial charge in [-0.05, 0) is 101 Å². The molecule has 0 saturated carbocycles. The van der Waals surface area contributed by atoms with Crippen molar-refractivity contribution in [2.75, 3.05) is 26.2 Å². The Hall–Kier alpha value is -1.25. The molecule has 8 heteroatoms. The summed E-state index contributed by atoms with van der Waals surface area (Å²) in [6.45, 7) is 4.81. The van der Waals surface area contributed by atoms with E-state index in [2.05, 4.69) is 70.9 Å². The summed E-state index contributed by atoms with van der Waals surface area (Å²) in [7, 11) is 0. The standard InChI is InChI=1S/C28H32Br3N3O2/c1-17(35)33-8-4-18(5-9-33)12-25(36)34-10-6-19(7-11-34)27-26-20(13-22(29)15-24(26)31)2-3-21-14-23(30)16-32-28(21)27/h13-16,18-19,27H,2-12H2,1H3/t27-/m1/s1. The highest BCUT2D eigenvalue weighted by Gasteiger charge is 2.36. The molecule has 2 fully saturated rings. The van der Waals surface area contributed by atoms with Crippen LogP contribution >= 0.6 is 47.8 Å². The van der Waals surface area contributed by atoms with Gasteiger partial charge in [-0.1, -0.05) is 31.9 Å². The van der Waals surface area contributed by atoms with E-state index in [0.29, 0.717) is 18.3 Å². The average Bonchev–Trinajstić information content (AvgIpc) is 3.01. The summed E-state index contributed by atoms with van der Waals surface area (Å²) in [6.07, 6.45) is 8.35. The summed E-state index contributed by atoms with van der Waals surface area (Å²) in [4.78, 5) is 33.7. The Morgan fingerprint density at radius 2 is 1.53 bits per heavy atom. The molecule has 36 heavy (non-hydrogen) atoms. The predicted octanol–water partition coefficient (Wildman–Crippen LogP) is 6.49. The lowest BCUT2D eigenvalue weighted by atomic mass is 9.76. The molecule has 3 aliphatic rings. The highest BCUT2D eigenvalue weighted by Crippen LogP contribution is 2.46. The first kappa shape index (κ1) is 26.4. The number of hydrogen-bond donors (Lipinski definition) is 0. The number of amides is 2. The number of nitrogens with zero attached hydrogens (tertiary/aromatic N) is 3. The zero-order chi connectivity index (χ0) is 25.4. The molecule has 1 atom stereocenters. The number of halogens is 3. The van der Waals surface area contributed by atoms with Crippen LogP contribution in [0.4, 0.5) is 0 Å². The smallest absolute Gasteiger partial charge is 0.222 e. The van der Waals surface area contributed by atoms with E-state index in [1.165, 1.54) is 22.4 Å². The fraction of sp³-hybridized carbons (Fsp3) is 0.536. The zero-order valence-electron chi connectivity index (χ0n) is 20.6. The van der Waals surface area contributed by atoms with Crippen LogP contribution in [0.3, 0.4) is 0 Å². The van der Waals surface area contributed by atoms with Crippen LogP contribution in [0.25, 0.3) is 0 Å². The van der Waals surface area contributed by atoms with Crippen molar-refractivity contribution in [3.05, 3.63) is 60.2 Å². The number of pyridine rings is 1. The number of likely N-dealkylation sites (tertiary alicyclic amines) is 2. The van der Waals surface area contributed by atoms with Crippen LogP contribution < -0.4 is 0 Å². The molecule has 1 aromatic carbocycles. The second kappa shape index (κ2) is 11.2. The minimum atomic E-state index is 0.143. The molecule has 2 amide bonds. The number of aryl methyl sites for hydroxylation is 2. The monoisotopic (exact) mass is 679 g/mol. The maximum Gasteiger partial charge on any atom is 0.222 e. The van der Waals surface area contributed by atoms with Crippen LogP contribution in [0.1, 0.15) is 67.3 Å². The number of carbonyl (C=O) groups excluding carboxylic acids is 2. The molecule has 3 heterocycles. The number of aromatic nitrogens is 1. The summed E-state index contributed by atoms with van der Waals surface area (Å²) in [5, 5.41) is 0. The summed E-state index contributed by atoms with van der Waals surface area (Å²) in [5.41, 5.74) is 5.27. The number of rotatable bonds is 3. The van der Waals surface area contributed by atoms with E-state index in [1.807, 2.05) is 11.1 Å². The first-order chi connectivity index (χ1) is 17.3. The van der Waals surface area contributed by atoms with E-state index in [1.54, 1.807) is 6.92 Å². The van der Waals surface area contributed by atoms with E-state index in [0.717, 1.165) is 78.1 Å². The molecular formula is C28H32Br3N3O2. The Kier molecular flexibility index (Phi) is 8.23. The van der Waals surface area contributed by atoms with Crippen LogP contribution in [-0.4, -0.2) is 52.8 Å². The van der Waals surface area contributed by atoms with Crippen molar-refractivity contribution in [3.63, 3.8) is 0 Å². The largest absolute Gasteiger partial charge is 0.343 e. The maximum atomic E-state index is 13.2. The molecule has 5 nitrogen and oxygen atoms in total. The van der Waals surface area contributed by atoms with Gasteiger partial charge in [-0.2, -0.15) is 0 Å². The third-order valence-electron chi connectivity index (χ3n) is 8.30. The quantitative estimate of drug-likeness (QED) is 0.373. The zero-order valence-corrected chi connectivity index (χ0v) is 25.4. The van der Waals surface area contributed by atoms with Crippen LogP contribution in [0.2, 0.25) is 0 Å². The van der Waals surface area contributed by atoms with Gasteiger partial charge >= 0.3 is 0 Å². The van der Waals surface area contributed by atoms with E-state index in [9.17, 15) is 9.59 Å². The van der Waals surface area contributed by atoms with E-state index >= 15 is 0 Å². The van der Waals surface area contributed by atoms with Crippen molar-refractivity contribution in [1.82, 2.24) is 14.8 Å². The minimum Gasteiger partial charge on any atom is -0.343 e. The van der Waals surface area contributed by atoms with Crippen molar-refractivity contribution in [2.24, 2.45) is 11.8 Å². The highest BCUT2D eigenvalue weighted by atomic mass is 79.9. The predicted molar refractivity (Wildman–Crippen MR) is 152 cm³/mol. The van der Waals surface area contributed by atoms with Gasteiger partial charge in [0.05, 0.1) is 5.69 Å².